The minimum Gasteiger partial charge on any atom is -0.465 e. The average Bonchev–Trinajstić information content (AvgIpc) is 2.79. The van der Waals surface area contributed by atoms with E-state index in [1.807, 2.05) is 6.92 Å². The Kier molecular flexibility index (Phi) is 4.34. The van der Waals surface area contributed by atoms with Gasteiger partial charge in [-0.2, -0.15) is 0 Å². The van der Waals surface area contributed by atoms with Gasteiger partial charge in [-0.15, -0.1) is 0 Å². The molecule has 1 aliphatic heterocycles. The van der Waals surface area contributed by atoms with Crippen LogP contribution in [0.2, 0.25) is 0 Å². The van der Waals surface area contributed by atoms with Gasteiger partial charge in [-0.3, -0.25) is 4.90 Å². The van der Waals surface area contributed by atoms with Gasteiger partial charge in [0.25, 0.3) is 0 Å². The van der Waals surface area contributed by atoms with Crippen molar-refractivity contribution in [1.82, 2.24) is 9.88 Å². The third-order valence-electron chi connectivity index (χ3n) is 3.65. The molecular weight excluding hydrogens is 274 g/mol. The Morgan fingerprint density at radius 1 is 1.25 bits per heavy atom. The summed E-state index contributed by atoms with van der Waals surface area (Å²) in [5, 5.41) is 0.927. The number of hydrogen-bond acceptors (Lipinski definition) is 6. The van der Waals surface area contributed by atoms with E-state index in [1.165, 1.54) is 18.4 Å². The van der Waals surface area contributed by atoms with Crippen molar-refractivity contribution in [3.8, 4) is 0 Å². The molecular formula is C14H23N3O2S. The molecule has 0 unspecified atom stereocenters. The highest BCUT2D eigenvalue weighted by Crippen LogP contribution is 2.28. The van der Waals surface area contributed by atoms with Crippen LogP contribution in [0.25, 0.3) is 0 Å². The van der Waals surface area contributed by atoms with E-state index in [0.717, 1.165) is 37.0 Å². The smallest absolute Gasteiger partial charge is 0.350 e. The van der Waals surface area contributed by atoms with Gasteiger partial charge in [0.15, 0.2) is 5.13 Å². The molecule has 2 heterocycles. The number of aromatic nitrogens is 1. The quantitative estimate of drug-likeness (QED) is 0.783. The number of methoxy groups -OCH3 is 1. The molecule has 1 aromatic heterocycles. The largest absolute Gasteiger partial charge is 0.465 e. The molecule has 0 saturated carbocycles. The number of thiazole rings is 1. The van der Waals surface area contributed by atoms with E-state index in [4.69, 9.17) is 4.74 Å². The molecule has 2 rings (SSSR count). The van der Waals surface area contributed by atoms with Crippen molar-refractivity contribution in [2.24, 2.45) is 0 Å². The predicted molar refractivity (Wildman–Crippen MR) is 81.7 cm³/mol. The third kappa shape index (κ3) is 3.12. The van der Waals surface area contributed by atoms with Gasteiger partial charge in [-0.1, -0.05) is 11.3 Å². The molecule has 0 aromatic carbocycles. The summed E-state index contributed by atoms with van der Waals surface area (Å²) in [6.07, 6.45) is 0. The molecule has 0 aliphatic carbocycles. The summed E-state index contributed by atoms with van der Waals surface area (Å²) in [4.78, 5) is 21.5. The zero-order chi connectivity index (χ0) is 14.9. The maximum Gasteiger partial charge on any atom is 0.350 e. The lowest BCUT2D eigenvalue weighted by molar-refractivity contribution is 0.0605. The van der Waals surface area contributed by atoms with Crippen molar-refractivity contribution in [2.75, 3.05) is 38.2 Å². The molecule has 5 nitrogen and oxygen atoms in total. The minimum atomic E-state index is -0.292. The standard InChI is InChI=1S/C14H23N3O2S/c1-10-11(12(18)19-5)20-13(15-10)16-6-8-17(9-7-16)14(2,3)4/h6-9H2,1-5H3. The van der Waals surface area contributed by atoms with Gasteiger partial charge in [0, 0.05) is 31.7 Å². The highest BCUT2D eigenvalue weighted by molar-refractivity contribution is 7.17. The SMILES string of the molecule is COC(=O)c1sc(N2CCN(C(C)(C)C)CC2)nc1C. The number of anilines is 1. The van der Waals surface area contributed by atoms with Gasteiger partial charge in [0.1, 0.15) is 4.88 Å². The molecule has 20 heavy (non-hydrogen) atoms. The summed E-state index contributed by atoms with van der Waals surface area (Å²) in [7, 11) is 1.41. The van der Waals surface area contributed by atoms with Crippen LogP contribution in [0.4, 0.5) is 5.13 Å². The van der Waals surface area contributed by atoms with Crippen molar-refractivity contribution in [1.29, 1.82) is 0 Å². The van der Waals surface area contributed by atoms with Crippen LogP contribution in [0.3, 0.4) is 0 Å². The number of nitrogens with zero attached hydrogens (tertiary/aromatic N) is 3. The Hall–Kier alpha value is -1.14. The van der Waals surface area contributed by atoms with E-state index >= 15 is 0 Å². The number of piperazine rings is 1. The van der Waals surface area contributed by atoms with Crippen LogP contribution in [-0.2, 0) is 4.74 Å². The van der Waals surface area contributed by atoms with Crippen molar-refractivity contribution in [2.45, 2.75) is 33.2 Å². The van der Waals surface area contributed by atoms with Crippen molar-refractivity contribution in [3.63, 3.8) is 0 Å². The molecule has 0 bridgehead atoms. The second kappa shape index (κ2) is 5.69. The molecule has 1 aromatic rings. The van der Waals surface area contributed by atoms with E-state index < -0.39 is 0 Å². The number of carbonyl (C=O) groups is 1. The van der Waals surface area contributed by atoms with E-state index in [0.29, 0.717) is 4.88 Å². The van der Waals surface area contributed by atoms with E-state index in [-0.39, 0.29) is 11.5 Å². The number of hydrogen-bond donors (Lipinski definition) is 0. The third-order valence-corrected chi connectivity index (χ3v) is 4.85. The highest BCUT2D eigenvalue weighted by Gasteiger charge is 2.27. The molecule has 1 saturated heterocycles. The van der Waals surface area contributed by atoms with Gasteiger partial charge >= 0.3 is 5.97 Å². The molecule has 6 heteroatoms. The summed E-state index contributed by atoms with van der Waals surface area (Å²) in [5.41, 5.74) is 0.970. The monoisotopic (exact) mass is 297 g/mol. The first-order valence-electron chi connectivity index (χ1n) is 6.88. The van der Waals surface area contributed by atoms with Crippen molar-refractivity contribution >= 4 is 22.4 Å². The number of ether oxygens (including phenoxy) is 1. The van der Waals surface area contributed by atoms with Crippen LogP contribution in [0.15, 0.2) is 0 Å². The van der Waals surface area contributed by atoms with Crippen LogP contribution in [0, 0.1) is 6.92 Å². The summed E-state index contributed by atoms with van der Waals surface area (Å²) in [6, 6.07) is 0. The molecule has 0 atom stereocenters. The Morgan fingerprint density at radius 2 is 1.85 bits per heavy atom. The predicted octanol–water partition coefficient (Wildman–Crippen LogP) is 2.16. The lowest BCUT2D eigenvalue weighted by Gasteiger charge is -2.42. The molecule has 0 radical (unpaired) electrons. The first kappa shape index (κ1) is 15.3. The minimum absolute atomic E-state index is 0.210. The second-order valence-electron chi connectivity index (χ2n) is 6.05. The fourth-order valence-corrected chi connectivity index (χ4v) is 3.40. The van der Waals surface area contributed by atoms with Crippen LogP contribution in [0.5, 0.6) is 0 Å². The first-order valence-corrected chi connectivity index (χ1v) is 7.70. The zero-order valence-corrected chi connectivity index (χ0v) is 13.7. The van der Waals surface area contributed by atoms with E-state index in [9.17, 15) is 4.79 Å². The molecule has 1 fully saturated rings. The fourth-order valence-electron chi connectivity index (χ4n) is 2.37. The van der Waals surface area contributed by atoms with Gasteiger partial charge in [-0.05, 0) is 27.7 Å². The van der Waals surface area contributed by atoms with Crippen molar-refractivity contribution in [3.05, 3.63) is 10.6 Å². The number of esters is 1. The average molecular weight is 297 g/mol. The summed E-state index contributed by atoms with van der Waals surface area (Å²) in [5.74, 6) is -0.292. The Bertz CT molecular complexity index is 485. The topological polar surface area (TPSA) is 45.7 Å². The maximum absolute atomic E-state index is 11.6. The van der Waals surface area contributed by atoms with Crippen LogP contribution >= 0.6 is 11.3 Å². The Labute approximate surface area is 124 Å². The maximum atomic E-state index is 11.6. The normalized spacial score (nSPS) is 17.4. The van der Waals surface area contributed by atoms with Gasteiger partial charge in [0.2, 0.25) is 0 Å². The van der Waals surface area contributed by atoms with E-state index in [1.54, 1.807) is 0 Å². The van der Waals surface area contributed by atoms with Crippen LogP contribution in [0.1, 0.15) is 36.1 Å². The molecule has 112 valence electrons. The molecule has 0 spiro atoms. The summed E-state index contributed by atoms with van der Waals surface area (Å²) >= 11 is 1.43. The van der Waals surface area contributed by atoms with Gasteiger partial charge in [-0.25, -0.2) is 9.78 Å². The zero-order valence-electron chi connectivity index (χ0n) is 12.9. The Balaban J connectivity index is 2.06. The van der Waals surface area contributed by atoms with Crippen LogP contribution < -0.4 is 4.90 Å². The summed E-state index contributed by atoms with van der Waals surface area (Å²) < 4.78 is 4.78. The molecule has 0 N–H and O–H groups in total. The lowest BCUT2D eigenvalue weighted by Crippen LogP contribution is -2.53. The highest BCUT2D eigenvalue weighted by atomic mass is 32.1. The fraction of sp³-hybridized carbons (Fsp3) is 0.714. The summed E-state index contributed by atoms with van der Waals surface area (Å²) in [6.45, 7) is 12.5. The molecule has 1 aliphatic rings. The number of carbonyl (C=O) groups excluding carboxylic acids is 1. The van der Waals surface area contributed by atoms with Gasteiger partial charge in [0.05, 0.1) is 12.8 Å². The second-order valence-corrected chi connectivity index (χ2v) is 7.02. The van der Waals surface area contributed by atoms with Crippen LogP contribution in [-0.4, -0.2) is 54.7 Å². The first-order chi connectivity index (χ1) is 9.32. The van der Waals surface area contributed by atoms with Gasteiger partial charge < -0.3 is 9.64 Å². The number of aryl methyl sites for hydroxylation is 1. The Morgan fingerprint density at radius 3 is 2.35 bits per heavy atom. The lowest BCUT2D eigenvalue weighted by atomic mass is 10.1. The van der Waals surface area contributed by atoms with Crippen molar-refractivity contribution < 1.29 is 9.53 Å². The van der Waals surface area contributed by atoms with E-state index in [2.05, 4.69) is 35.6 Å². The molecule has 0 amide bonds. The number of rotatable bonds is 2.